The molecule has 0 aliphatic rings. The van der Waals surface area contributed by atoms with E-state index in [1.54, 1.807) is 24.3 Å². The van der Waals surface area contributed by atoms with Gasteiger partial charge < -0.3 is 0 Å². The number of hydrogen-bond donors (Lipinski definition) is 0. The summed E-state index contributed by atoms with van der Waals surface area (Å²) in [6.07, 6.45) is 0. The van der Waals surface area contributed by atoms with Crippen molar-refractivity contribution in [3.8, 4) is 0 Å². The topological polar surface area (TPSA) is 17.1 Å². The second-order valence-electron chi connectivity index (χ2n) is 4.61. The molecule has 18 heavy (non-hydrogen) atoms. The first-order valence-electron chi connectivity index (χ1n) is 5.87. The summed E-state index contributed by atoms with van der Waals surface area (Å²) in [5.74, 6) is 0.0571. The van der Waals surface area contributed by atoms with Gasteiger partial charge in [-0.25, -0.2) is 0 Å². The molecular weight excluding hydrogens is 244 g/mol. The van der Waals surface area contributed by atoms with Crippen molar-refractivity contribution in [1.29, 1.82) is 0 Å². The SMILES string of the molecule is Cc1cc(C)c(C(=O)c2ccc(Cl)cc2)c(C)c1. The summed E-state index contributed by atoms with van der Waals surface area (Å²) in [6, 6.07) is 11.1. The maximum atomic E-state index is 12.5. The van der Waals surface area contributed by atoms with Crippen LogP contribution in [0.3, 0.4) is 0 Å². The zero-order valence-electron chi connectivity index (χ0n) is 10.8. The molecule has 0 atom stereocenters. The van der Waals surface area contributed by atoms with Gasteiger partial charge in [0.25, 0.3) is 0 Å². The summed E-state index contributed by atoms with van der Waals surface area (Å²) in [7, 11) is 0. The van der Waals surface area contributed by atoms with Crippen LogP contribution >= 0.6 is 11.6 Å². The number of benzene rings is 2. The highest BCUT2D eigenvalue weighted by Gasteiger charge is 2.14. The number of rotatable bonds is 2. The van der Waals surface area contributed by atoms with Crippen molar-refractivity contribution in [3.63, 3.8) is 0 Å². The number of carbonyl (C=O) groups excluding carboxylic acids is 1. The van der Waals surface area contributed by atoms with Crippen LogP contribution in [-0.4, -0.2) is 5.78 Å². The van der Waals surface area contributed by atoms with E-state index in [-0.39, 0.29) is 5.78 Å². The molecule has 1 nitrogen and oxygen atoms in total. The van der Waals surface area contributed by atoms with E-state index in [1.807, 2.05) is 32.9 Å². The zero-order chi connectivity index (χ0) is 13.3. The fourth-order valence-electron chi connectivity index (χ4n) is 2.28. The minimum atomic E-state index is 0.0571. The van der Waals surface area contributed by atoms with E-state index in [2.05, 4.69) is 0 Å². The molecule has 0 spiro atoms. The van der Waals surface area contributed by atoms with Crippen LogP contribution in [0.15, 0.2) is 36.4 Å². The van der Waals surface area contributed by atoms with Gasteiger partial charge in [-0.1, -0.05) is 29.3 Å². The van der Waals surface area contributed by atoms with E-state index >= 15 is 0 Å². The van der Waals surface area contributed by atoms with Crippen molar-refractivity contribution in [3.05, 3.63) is 69.2 Å². The molecule has 0 aliphatic carbocycles. The summed E-state index contributed by atoms with van der Waals surface area (Å²) in [6.45, 7) is 5.99. The quantitative estimate of drug-likeness (QED) is 0.725. The van der Waals surface area contributed by atoms with Crippen molar-refractivity contribution >= 4 is 17.4 Å². The Hall–Kier alpha value is -1.60. The van der Waals surface area contributed by atoms with Gasteiger partial charge in [0.05, 0.1) is 0 Å². The van der Waals surface area contributed by atoms with Crippen LogP contribution in [0.5, 0.6) is 0 Å². The fraction of sp³-hybridized carbons (Fsp3) is 0.188. The predicted octanol–water partition coefficient (Wildman–Crippen LogP) is 4.50. The number of ketones is 1. The third kappa shape index (κ3) is 2.46. The maximum absolute atomic E-state index is 12.5. The molecule has 0 saturated heterocycles. The highest BCUT2D eigenvalue weighted by molar-refractivity contribution is 6.30. The second-order valence-corrected chi connectivity index (χ2v) is 5.05. The van der Waals surface area contributed by atoms with E-state index < -0.39 is 0 Å². The molecular formula is C16H15ClO. The Morgan fingerprint density at radius 3 is 1.94 bits per heavy atom. The Morgan fingerprint density at radius 2 is 1.44 bits per heavy atom. The molecule has 2 aromatic rings. The molecule has 2 rings (SSSR count). The van der Waals surface area contributed by atoms with Crippen LogP contribution in [0, 0.1) is 20.8 Å². The number of halogens is 1. The minimum absolute atomic E-state index is 0.0571. The van der Waals surface area contributed by atoms with Crippen LogP contribution < -0.4 is 0 Å². The van der Waals surface area contributed by atoms with Gasteiger partial charge in [-0.15, -0.1) is 0 Å². The van der Waals surface area contributed by atoms with Gasteiger partial charge in [0.1, 0.15) is 0 Å². The molecule has 0 bridgehead atoms. The van der Waals surface area contributed by atoms with Crippen LogP contribution in [0.25, 0.3) is 0 Å². The van der Waals surface area contributed by atoms with Gasteiger partial charge in [-0.05, 0) is 56.2 Å². The normalized spacial score (nSPS) is 10.4. The van der Waals surface area contributed by atoms with Crippen molar-refractivity contribution in [2.75, 3.05) is 0 Å². The molecule has 0 aliphatic heterocycles. The Bertz CT molecular complexity index is 574. The molecule has 0 unspecified atom stereocenters. The highest BCUT2D eigenvalue weighted by Crippen LogP contribution is 2.21. The van der Waals surface area contributed by atoms with Crippen molar-refractivity contribution in [2.45, 2.75) is 20.8 Å². The number of aryl methyl sites for hydroxylation is 3. The molecule has 2 heteroatoms. The molecule has 0 saturated carbocycles. The van der Waals surface area contributed by atoms with Gasteiger partial charge in [-0.3, -0.25) is 4.79 Å². The molecule has 0 N–H and O–H groups in total. The van der Waals surface area contributed by atoms with Crippen molar-refractivity contribution in [1.82, 2.24) is 0 Å². The van der Waals surface area contributed by atoms with Gasteiger partial charge in [0.2, 0.25) is 0 Å². The summed E-state index contributed by atoms with van der Waals surface area (Å²) in [5.41, 5.74) is 4.69. The predicted molar refractivity (Wildman–Crippen MR) is 75.5 cm³/mol. The average molecular weight is 259 g/mol. The summed E-state index contributed by atoms with van der Waals surface area (Å²) >= 11 is 5.83. The molecule has 0 amide bonds. The molecule has 0 fully saturated rings. The Kier molecular flexibility index (Phi) is 3.53. The van der Waals surface area contributed by atoms with E-state index in [9.17, 15) is 4.79 Å². The third-order valence-electron chi connectivity index (χ3n) is 3.01. The fourth-order valence-corrected chi connectivity index (χ4v) is 2.41. The molecule has 0 heterocycles. The second kappa shape index (κ2) is 4.95. The molecule has 92 valence electrons. The van der Waals surface area contributed by atoms with Crippen molar-refractivity contribution < 1.29 is 4.79 Å². The monoisotopic (exact) mass is 258 g/mol. The Balaban J connectivity index is 2.49. The summed E-state index contributed by atoms with van der Waals surface area (Å²) in [5, 5.41) is 0.643. The molecule has 0 aromatic heterocycles. The Morgan fingerprint density at radius 1 is 0.944 bits per heavy atom. The van der Waals surface area contributed by atoms with Gasteiger partial charge in [0.15, 0.2) is 5.78 Å². The van der Waals surface area contributed by atoms with Crippen LogP contribution in [0.2, 0.25) is 5.02 Å². The molecule has 0 radical (unpaired) electrons. The molecule has 2 aromatic carbocycles. The standard InChI is InChI=1S/C16H15ClO/c1-10-8-11(2)15(12(3)9-10)16(18)13-4-6-14(17)7-5-13/h4-9H,1-3H3. The van der Waals surface area contributed by atoms with Gasteiger partial charge in [0, 0.05) is 16.1 Å². The highest BCUT2D eigenvalue weighted by atomic mass is 35.5. The number of carbonyl (C=O) groups is 1. The van der Waals surface area contributed by atoms with Crippen LogP contribution in [0.4, 0.5) is 0 Å². The third-order valence-corrected chi connectivity index (χ3v) is 3.26. The first-order valence-corrected chi connectivity index (χ1v) is 6.25. The van der Waals surface area contributed by atoms with E-state index in [0.717, 1.165) is 16.7 Å². The van der Waals surface area contributed by atoms with Gasteiger partial charge >= 0.3 is 0 Å². The average Bonchev–Trinajstić information content (AvgIpc) is 2.28. The van der Waals surface area contributed by atoms with Gasteiger partial charge in [-0.2, -0.15) is 0 Å². The first-order chi connectivity index (χ1) is 8.49. The maximum Gasteiger partial charge on any atom is 0.193 e. The summed E-state index contributed by atoms with van der Waals surface area (Å²) in [4.78, 5) is 12.5. The van der Waals surface area contributed by atoms with E-state index in [1.165, 1.54) is 5.56 Å². The summed E-state index contributed by atoms with van der Waals surface area (Å²) < 4.78 is 0. The zero-order valence-corrected chi connectivity index (χ0v) is 11.5. The lowest BCUT2D eigenvalue weighted by molar-refractivity contribution is 0.103. The Labute approximate surface area is 112 Å². The number of hydrogen-bond acceptors (Lipinski definition) is 1. The lowest BCUT2D eigenvalue weighted by Gasteiger charge is -2.10. The van der Waals surface area contributed by atoms with Crippen LogP contribution in [-0.2, 0) is 0 Å². The van der Waals surface area contributed by atoms with Crippen molar-refractivity contribution in [2.24, 2.45) is 0 Å². The smallest absolute Gasteiger partial charge is 0.193 e. The van der Waals surface area contributed by atoms with E-state index in [0.29, 0.717) is 10.6 Å². The lowest BCUT2D eigenvalue weighted by Crippen LogP contribution is -2.06. The lowest BCUT2D eigenvalue weighted by atomic mass is 9.93. The van der Waals surface area contributed by atoms with Crippen LogP contribution in [0.1, 0.15) is 32.6 Å². The minimum Gasteiger partial charge on any atom is -0.289 e. The van der Waals surface area contributed by atoms with E-state index in [4.69, 9.17) is 11.6 Å². The first kappa shape index (κ1) is 12.8. The largest absolute Gasteiger partial charge is 0.289 e.